The van der Waals surface area contributed by atoms with Crippen LogP contribution in [0.15, 0.2) is 9.98 Å². The van der Waals surface area contributed by atoms with Gasteiger partial charge in [-0.15, -0.1) is 0 Å². The van der Waals surface area contributed by atoms with Crippen molar-refractivity contribution in [2.75, 3.05) is 13.2 Å². The summed E-state index contributed by atoms with van der Waals surface area (Å²) in [7, 11) is 0. The van der Waals surface area contributed by atoms with Crippen LogP contribution in [0, 0.1) is 0 Å². The second kappa shape index (κ2) is 3.31. The van der Waals surface area contributed by atoms with Gasteiger partial charge in [-0.3, -0.25) is 9.79 Å². The minimum atomic E-state index is -0.399. The molecule has 10 heavy (non-hydrogen) atoms. The van der Waals surface area contributed by atoms with Gasteiger partial charge in [-0.1, -0.05) is 0 Å². The molecule has 0 saturated carbocycles. The lowest BCUT2D eigenvalue weighted by atomic mass is 10.6. The van der Waals surface area contributed by atoms with E-state index in [2.05, 4.69) is 9.98 Å². The normalized spacial score (nSPS) is 15.9. The molecular weight excluding hydrogens is 154 g/mol. The van der Waals surface area contributed by atoms with Gasteiger partial charge in [-0.05, 0) is 11.6 Å². The third-order valence-electron chi connectivity index (χ3n) is 0.969. The maximum Gasteiger partial charge on any atom is 0.241 e. The molecule has 0 N–H and O–H groups in total. The quantitative estimate of drug-likeness (QED) is 0.536. The number of halogens is 1. The zero-order valence-corrected chi connectivity index (χ0v) is 5.95. The Bertz CT molecular complexity index is 189. The Morgan fingerprint density at radius 3 is 3.10 bits per heavy atom. The number of hydrogen-bond acceptors (Lipinski definition) is 4. The fourth-order valence-corrected chi connectivity index (χ4v) is 0.753. The van der Waals surface area contributed by atoms with E-state index < -0.39 is 5.24 Å². The van der Waals surface area contributed by atoms with Crippen LogP contribution in [0.25, 0.3) is 0 Å². The Kier molecular flexibility index (Phi) is 2.39. The van der Waals surface area contributed by atoms with Crippen LogP contribution < -0.4 is 0 Å². The number of nitrogens with zero attached hydrogens (tertiary/aromatic N) is 3. The standard InChI is InChI=1S/C5H6ClN3O/c6-5(10)1-9-3-7-2-8-4-9/h2-3H,1,4H2. The smallest absolute Gasteiger partial charge is 0.241 e. The van der Waals surface area contributed by atoms with Crippen LogP contribution >= 0.6 is 11.6 Å². The highest BCUT2D eigenvalue weighted by molar-refractivity contribution is 6.64. The molecule has 0 aliphatic carbocycles. The molecule has 0 radical (unpaired) electrons. The summed E-state index contributed by atoms with van der Waals surface area (Å²) in [5, 5.41) is -0.399. The van der Waals surface area contributed by atoms with Gasteiger partial charge < -0.3 is 4.90 Å². The van der Waals surface area contributed by atoms with Crippen LogP contribution in [-0.2, 0) is 4.79 Å². The molecule has 0 aromatic carbocycles. The predicted molar refractivity (Wildman–Crippen MR) is 39.4 cm³/mol. The van der Waals surface area contributed by atoms with Crippen molar-refractivity contribution in [1.82, 2.24) is 4.90 Å². The molecule has 0 unspecified atom stereocenters. The van der Waals surface area contributed by atoms with Crippen molar-refractivity contribution < 1.29 is 4.79 Å². The molecule has 0 fully saturated rings. The SMILES string of the molecule is O=C(Cl)CN1C=NC=NC1. The zero-order valence-electron chi connectivity index (χ0n) is 5.20. The summed E-state index contributed by atoms with van der Waals surface area (Å²) in [5.41, 5.74) is 0. The Labute approximate surface area is 63.2 Å². The first-order chi connectivity index (χ1) is 4.79. The molecule has 0 amide bonds. The van der Waals surface area contributed by atoms with Crippen molar-refractivity contribution >= 4 is 29.5 Å². The maximum atomic E-state index is 10.3. The molecule has 0 aromatic rings. The summed E-state index contributed by atoms with van der Waals surface area (Å²) in [6.45, 7) is 0.629. The van der Waals surface area contributed by atoms with Crippen molar-refractivity contribution in [2.24, 2.45) is 9.98 Å². The second-order valence-electron chi connectivity index (χ2n) is 1.81. The number of carbonyl (C=O) groups is 1. The van der Waals surface area contributed by atoms with Gasteiger partial charge in [0.05, 0.1) is 12.9 Å². The van der Waals surface area contributed by atoms with Crippen LogP contribution in [0.3, 0.4) is 0 Å². The maximum absolute atomic E-state index is 10.3. The van der Waals surface area contributed by atoms with Crippen molar-refractivity contribution in [3.05, 3.63) is 0 Å². The van der Waals surface area contributed by atoms with Crippen LogP contribution in [0.1, 0.15) is 0 Å². The first-order valence-corrected chi connectivity index (χ1v) is 3.11. The fourth-order valence-electron chi connectivity index (χ4n) is 0.600. The average Bonchev–Trinajstić information content (AvgIpc) is 1.88. The topological polar surface area (TPSA) is 45.0 Å². The van der Waals surface area contributed by atoms with Gasteiger partial charge in [0.1, 0.15) is 13.0 Å². The first kappa shape index (κ1) is 7.21. The number of hydrogen-bond donors (Lipinski definition) is 0. The number of rotatable bonds is 2. The Balaban J connectivity index is 2.37. The van der Waals surface area contributed by atoms with Crippen molar-refractivity contribution in [3.63, 3.8) is 0 Å². The molecule has 1 rings (SSSR count). The van der Waals surface area contributed by atoms with E-state index in [9.17, 15) is 4.79 Å². The monoisotopic (exact) mass is 159 g/mol. The lowest BCUT2D eigenvalue weighted by Crippen LogP contribution is -2.28. The summed E-state index contributed by atoms with van der Waals surface area (Å²) in [5.74, 6) is 0. The van der Waals surface area contributed by atoms with Crippen molar-refractivity contribution in [2.45, 2.75) is 0 Å². The molecule has 54 valence electrons. The molecule has 0 saturated heterocycles. The molecule has 1 aliphatic heterocycles. The molecule has 0 bridgehead atoms. The summed E-state index contributed by atoms with van der Waals surface area (Å²) in [4.78, 5) is 19.5. The third kappa shape index (κ3) is 2.14. The highest BCUT2D eigenvalue weighted by Gasteiger charge is 2.04. The van der Waals surface area contributed by atoms with E-state index in [1.807, 2.05) is 0 Å². The van der Waals surface area contributed by atoms with E-state index in [1.54, 1.807) is 4.90 Å². The predicted octanol–water partition coefficient (Wildman–Crippen LogP) is 0.0815. The van der Waals surface area contributed by atoms with E-state index in [0.29, 0.717) is 6.67 Å². The van der Waals surface area contributed by atoms with Crippen molar-refractivity contribution in [1.29, 1.82) is 0 Å². The average molecular weight is 160 g/mol. The van der Waals surface area contributed by atoms with E-state index >= 15 is 0 Å². The lowest BCUT2D eigenvalue weighted by molar-refractivity contribution is -0.111. The molecule has 0 aromatic heterocycles. The molecule has 1 heterocycles. The van der Waals surface area contributed by atoms with E-state index in [-0.39, 0.29) is 6.54 Å². The van der Waals surface area contributed by atoms with Gasteiger partial charge in [0.25, 0.3) is 0 Å². The van der Waals surface area contributed by atoms with Gasteiger partial charge in [0.15, 0.2) is 0 Å². The number of carbonyl (C=O) groups excluding carboxylic acids is 1. The Morgan fingerprint density at radius 2 is 2.60 bits per heavy atom. The van der Waals surface area contributed by atoms with Gasteiger partial charge in [-0.25, -0.2) is 4.99 Å². The third-order valence-corrected chi connectivity index (χ3v) is 1.09. The van der Waals surface area contributed by atoms with Gasteiger partial charge >= 0.3 is 0 Å². The highest BCUT2D eigenvalue weighted by atomic mass is 35.5. The van der Waals surface area contributed by atoms with Gasteiger partial charge in [0, 0.05) is 0 Å². The summed E-state index contributed by atoms with van der Waals surface area (Å²) < 4.78 is 0. The van der Waals surface area contributed by atoms with E-state index in [1.165, 1.54) is 12.7 Å². The molecule has 0 spiro atoms. The highest BCUT2D eigenvalue weighted by Crippen LogP contribution is 1.91. The molecule has 0 atom stereocenters. The molecule has 1 aliphatic rings. The first-order valence-electron chi connectivity index (χ1n) is 2.73. The largest absolute Gasteiger partial charge is 0.334 e. The van der Waals surface area contributed by atoms with E-state index in [4.69, 9.17) is 11.6 Å². The minimum absolute atomic E-state index is 0.169. The van der Waals surface area contributed by atoms with Crippen LogP contribution in [0.4, 0.5) is 0 Å². The van der Waals surface area contributed by atoms with E-state index in [0.717, 1.165) is 0 Å². The van der Waals surface area contributed by atoms with Gasteiger partial charge in [-0.2, -0.15) is 0 Å². The fraction of sp³-hybridized carbons (Fsp3) is 0.400. The molecular formula is C5H6ClN3O. The lowest BCUT2D eigenvalue weighted by Gasteiger charge is -2.15. The molecule has 4 nitrogen and oxygen atoms in total. The Hall–Kier alpha value is -0.900. The molecule has 5 heteroatoms. The summed E-state index contributed by atoms with van der Waals surface area (Å²) in [6, 6.07) is 0. The zero-order chi connectivity index (χ0) is 7.40. The summed E-state index contributed by atoms with van der Waals surface area (Å²) >= 11 is 5.12. The number of aliphatic imine (C=N–C) groups is 2. The van der Waals surface area contributed by atoms with Crippen molar-refractivity contribution in [3.8, 4) is 0 Å². The summed E-state index contributed by atoms with van der Waals surface area (Å²) in [6.07, 6.45) is 2.97. The minimum Gasteiger partial charge on any atom is -0.334 e. The van der Waals surface area contributed by atoms with Gasteiger partial charge in [0.2, 0.25) is 5.24 Å². The van der Waals surface area contributed by atoms with Crippen LogP contribution in [-0.4, -0.2) is 36.0 Å². The van der Waals surface area contributed by atoms with Crippen LogP contribution in [0.5, 0.6) is 0 Å². The Morgan fingerprint density at radius 1 is 1.80 bits per heavy atom. The second-order valence-corrected chi connectivity index (χ2v) is 2.23. The van der Waals surface area contributed by atoms with Crippen LogP contribution in [0.2, 0.25) is 0 Å².